The molecule has 0 saturated carbocycles. The minimum absolute atomic E-state index is 0.0841. The lowest BCUT2D eigenvalue weighted by molar-refractivity contribution is -0.156. The van der Waals surface area contributed by atoms with Gasteiger partial charge in [0.25, 0.3) is 0 Å². The number of ether oxygens (including phenoxy) is 2. The number of nitrogens with zero attached hydrogens (tertiary/aromatic N) is 1. The summed E-state index contributed by atoms with van der Waals surface area (Å²) >= 11 is 0. The van der Waals surface area contributed by atoms with Crippen LogP contribution in [0.2, 0.25) is 18.1 Å². The summed E-state index contributed by atoms with van der Waals surface area (Å²) in [5.41, 5.74) is 0.251. The Balaban J connectivity index is 2.15. The van der Waals surface area contributed by atoms with Gasteiger partial charge in [-0.15, -0.1) is 0 Å². The lowest BCUT2D eigenvalue weighted by atomic mass is 10.0. The van der Waals surface area contributed by atoms with E-state index in [2.05, 4.69) is 39.2 Å². The van der Waals surface area contributed by atoms with Crippen LogP contribution in [0.3, 0.4) is 0 Å². The van der Waals surface area contributed by atoms with E-state index in [1.165, 1.54) is 0 Å². The van der Waals surface area contributed by atoms with Gasteiger partial charge in [0.15, 0.2) is 14.1 Å². The van der Waals surface area contributed by atoms with Crippen molar-refractivity contribution >= 4 is 8.32 Å². The van der Waals surface area contributed by atoms with E-state index in [-0.39, 0.29) is 34.9 Å². The normalized spacial score (nSPS) is 33.3. The number of fused-ring (bicyclic) bond motifs is 1. The van der Waals surface area contributed by atoms with Crippen LogP contribution in [0.4, 0.5) is 0 Å². The van der Waals surface area contributed by atoms with Gasteiger partial charge < -0.3 is 19.0 Å². The third-order valence-electron chi connectivity index (χ3n) is 5.32. The van der Waals surface area contributed by atoms with Crippen LogP contribution in [-0.2, 0) is 13.9 Å². The van der Waals surface area contributed by atoms with E-state index in [1.807, 2.05) is 19.9 Å². The number of rotatable bonds is 4. The summed E-state index contributed by atoms with van der Waals surface area (Å²) < 4.78 is 18.3. The second-order valence-corrected chi connectivity index (χ2v) is 13.4. The second kappa shape index (κ2) is 6.43. The fraction of sp³-hybridized carbons (Fsp3) is 0.824. The van der Waals surface area contributed by atoms with Crippen LogP contribution >= 0.6 is 0 Å². The zero-order valence-electron chi connectivity index (χ0n) is 15.7. The van der Waals surface area contributed by atoms with Gasteiger partial charge in [-0.3, -0.25) is 5.32 Å². The maximum atomic E-state index is 9.34. The average Bonchev–Trinajstić information content (AvgIpc) is 2.91. The largest absolute Gasteiger partial charge is 0.514 e. The standard InChI is InChI=1S/C17H30N2O4Si/c1-16(2,3)24(6,7)21-10-12-14-15(23-17(4,5)22-14)13(19-12)11(8-18)9-20/h9,12-15,19-20H,10H2,1-7H3/b11-9+/t12-,13?,14-,15+/m1/s1. The summed E-state index contributed by atoms with van der Waals surface area (Å²) in [6, 6.07) is 1.56. The highest BCUT2D eigenvalue weighted by Gasteiger charge is 2.55. The lowest BCUT2D eigenvalue weighted by Gasteiger charge is -2.37. The molecule has 7 heteroatoms. The number of hydrogen-bond acceptors (Lipinski definition) is 6. The minimum Gasteiger partial charge on any atom is -0.514 e. The molecule has 1 unspecified atom stereocenters. The molecular weight excluding hydrogens is 324 g/mol. The average molecular weight is 355 g/mol. The molecule has 6 nitrogen and oxygen atoms in total. The van der Waals surface area contributed by atoms with Crippen molar-refractivity contribution in [2.45, 2.75) is 82.8 Å². The summed E-state index contributed by atoms with van der Waals surface area (Å²) in [5.74, 6) is -0.707. The molecular formula is C17H30N2O4Si. The Hall–Kier alpha value is -0.913. The van der Waals surface area contributed by atoms with Crippen LogP contribution in [0.25, 0.3) is 0 Å². The molecule has 2 aliphatic rings. The van der Waals surface area contributed by atoms with Gasteiger partial charge in [0.2, 0.25) is 0 Å². The van der Waals surface area contributed by atoms with Crippen LogP contribution < -0.4 is 5.32 Å². The highest BCUT2D eigenvalue weighted by atomic mass is 28.4. The van der Waals surface area contributed by atoms with Gasteiger partial charge in [-0.25, -0.2) is 0 Å². The van der Waals surface area contributed by atoms with Crippen molar-refractivity contribution in [2.24, 2.45) is 0 Å². The monoisotopic (exact) mass is 354 g/mol. The first-order valence-electron chi connectivity index (χ1n) is 8.42. The highest BCUT2D eigenvalue weighted by Crippen LogP contribution is 2.40. The second-order valence-electron chi connectivity index (χ2n) is 8.58. The van der Waals surface area contributed by atoms with Crippen molar-refractivity contribution < 1.29 is 19.0 Å². The maximum absolute atomic E-state index is 9.34. The molecule has 2 saturated heterocycles. The van der Waals surface area contributed by atoms with E-state index in [0.717, 1.165) is 6.26 Å². The molecule has 0 radical (unpaired) electrons. The number of nitrogens with one attached hydrogen (secondary N) is 1. The van der Waals surface area contributed by atoms with Crippen LogP contribution in [0.5, 0.6) is 0 Å². The zero-order valence-corrected chi connectivity index (χ0v) is 16.7. The Kier molecular flexibility index (Phi) is 5.20. The molecule has 2 rings (SSSR count). The van der Waals surface area contributed by atoms with E-state index >= 15 is 0 Å². The van der Waals surface area contributed by atoms with Crippen molar-refractivity contribution in [1.29, 1.82) is 5.26 Å². The van der Waals surface area contributed by atoms with Crippen LogP contribution in [0, 0.1) is 11.3 Å². The van der Waals surface area contributed by atoms with Gasteiger partial charge in [-0.2, -0.15) is 5.26 Å². The molecule has 2 N–H and O–H groups in total. The molecule has 0 amide bonds. The van der Waals surface area contributed by atoms with Crippen LogP contribution in [0.15, 0.2) is 11.8 Å². The smallest absolute Gasteiger partial charge is 0.192 e. The van der Waals surface area contributed by atoms with E-state index < -0.39 is 14.1 Å². The van der Waals surface area contributed by atoms with Crippen molar-refractivity contribution in [3.8, 4) is 6.07 Å². The molecule has 0 aromatic rings. The van der Waals surface area contributed by atoms with Gasteiger partial charge in [0, 0.05) is 0 Å². The summed E-state index contributed by atoms with van der Waals surface area (Å²) in [7, 11) is -1.88. The summed E-state index contributed by atoms with van der Waals surface area (Å²) in [4.78, 5) is 0. The Labute approximate surface area is 145 Å². The molecule has 2 fully saturated rings. The molecule has 0 aliphatic carbocycles. The van der Waals surface area contributed by atoms with Crippen molar-refractivity contribution in [1.82, 2.24) is 5.32 Å². The van der Waals surface area contributed by atoms with E-state index in [0.29, 0.717) is 6.61 Å². The van der Waals surface area contributed by atoms with E-state index in [9.17, 15) is 10.4 Å². The van der Waals surface area contributed by atoms with Gasteiger partial charge in [-0.1, -0.05) is 20.8 Å². The highest BCUT2D eigenvalue weighted by molar-refractivity contribution is 6.74. The molecule has 0 bridgehead atoms. The molecule has 0 aromatic carbocycles. The van der Waals surface area contributed by atoms with Gasteiger partial charge in [0.1, 0.15) is 12.2 Å². The first-order valence-corrected chi connectivity index (χ1v) is 11.3. The Bertz CT molecular complexity index is 548. The van der Waals surface area contributed by atoms with Crippen molar-refractivity contribution in [3.63, 3.8) is 0 Å². The third kappa shape index (κ3) is 3.68. The fourth-order valence-corrected chi connectivity index (χ4v) is 3.94. The summed E-state index contributed by atoms with van der Waals surface area (Å²) in [6.45, 7) is 15.3. The molecule has 4 atom stereocenters. The number of aliphatic hydroxyl groups is 1. The van der Waals surface area contributed by atoms with Gasteiger partial charge in [0.05, 0.1) is 36.6 Å². The van der Waals surface area contributed by atoms with Gasteiger partial charge in [-0.05, 0) is 32.0 Å². The molecule has 24 heavy (non-hydrogen) atoms. The molecule has 0 spiro atoms. The number of aliphatic hydroxyl groups excluding tert-OH is 1. The molecule has 2 heterocycles. The number of nitriles is 1. The predicted octanol–water partition coefficient (Wildman–Crippen LogP) is 2.83. The quantitative estimate of drug-likeness (QED) is 0.459. The first-order chi connectivity index (χ1) is 10.9. The Morgan fingerprint density at radius 2 is 1.92 bits per heavy atom. The summed E-state index contributed by atoms with van der Waals surface area (Å²) in [5, 5.41) is 22.1. The Morgan fingerprint density at radius 1 is 1.33 bits per heavy atom. The van der Waals surface area contributed by atoms with Crippen LogP contribution in [-0.4, -0.2) is 50.1 Å². The number of hydrogen-bond donors (Lipinski definition) is 2. The van der Waals surface area contributed by atoms with Gasteiger partial charge >= 0.3 is 0 Å². The van der Waals surface area contributed by atoms with Crippen LogP contribution in [0.1, 0.15) is 34.6 Å². The van der Waals surface area contributed by atoms with Crippen molar-refractivity contribution in [2.75, 3.05) is 6.61 Å². The molecule has 136 valence electrons. The SMILES string of the molecule is CC1(C)O[C@@H]2[C@@H](CO[Si](C)(C)C(C)(C)C)NC(/C(C#N)=C/O)[C@@H]2O1. The van der Waals surface area contributed by atoms with Crippen molar-refractivity contribution in [3.05, 3.63) is 11.8 Å². The topological polar surface area (TPSA) is 83.7 Å². The molecule has 2 aliphatic heterocycles. The first kappa shape index (κ1) is 19.4. The molecule has 0 aromatic heterocycles. The fourth-order valence-electron chi connectivity index (χ4n) is 2.91. The zero-order chi connectivity index (χ0) is 18.3. The predicted molar refractivity (Wildman–Crippen MR) is 94.0 cm³/mol. The lowest BCUT2D eigenvalue weighted by Crippen LogP contribution is -2.47. The maximum Gasteiger partial charge on any atom is 0.192 e. The third-order valence-corrected chi connectivity index (χ3v) is 9.82. The summed E-state index contributed by atoms with van der Waals surface area (Å²) in [6.07, 6.45) is 0.324. The minimum atomic E-state index is -1.88. The van der Waals surface area contributed by atoms with E-state index in [4.69, 9.17) is 13.9 Å². The van der Waals surface area contributed by atoms with E-state index in [1.54, 1.807) is 0 Å². The Morgan fingerprint density at radius 3 is 2.42 bits per heavy atom.